The fourth-order valence-corrected chi connectivity index (χ4v) is 3.89. The molecule has 0 N–H and O–H groups in total. The minimum absolute atomic E-state index is 0.556. The van der Waals surface area contributed by atoms with Crippen molar-refractivity contribution in [1.82, 2.24) is 0 Å². The number of rotatable bonds is 2. The molecule has 0 aliphatic carbocycles. The average Bonchev–Trinajstić information content (AvgIpc) is 3.42. The standard InChI is InChI=1S/2C14H17.C2H6Si.2ClH.Ti/c2*1-9(2)12-7-13-10(3)5-6-11(4)14(13)8-12;1-3-2;;;/h2*5-9H,1-4H3;1-2H3;2*1H;/q2*-1;;;;+2/p-2. The van der Waals surface area contributed by atoms with Crippen LogP contribution in [0.5, 0.6) is 0 Å². The van der Waals surface area contributed by atoms with E-state index >= 15 is 0 Å². The predicted octanol–water partition coefficient (Wildman–Crippen LogP) is 10.8. The Labute approximate surface area is 227 Å². The first kappa shape index (κ1) is 31.2. The molecule has 0 fully saturated rings. The van der Waals surface area contributed by atoms with E-state index in [4.69, 9.17) is 18.6 Å². The first-order valence-corrected chi connectivity index (χ1v) is 18.2. The molecule has 0 saturated carbocycles. The van der Waals surface area contributed by atoms with Crippen LogP contribution in [-0.2, 0) is 17.0 Å². The number of hydrogen-bond acceptors (Lipinski definition) is 0. The van der Waals surface area contributed by atoms with E-state index < -0.39 is 17.0 Å². The van der Waals surface area contributed by atoms with E-state index in [0.717, 1.165) is 9.52 Å². The summed E-state index contributed by atoms with van der Waals surface area (Å²) in [4.78, 5) is 0. The Kier molecular flexibility index (Phi) is 14.1. The third-order valence-corrected chi connectivity index (χ3v) is 6.02. The molecule has 0 nitrogen and oxygen atoms in total. The summed E-state index contributed by atoms with van der Waals surface area (Å²) in [5.41, 5.74) is 8.46. The third-order valence-electron chi connectivity index (χ3n) is 6.02. The van der Waals surface area contributed by atoms with Crippen LogP contribution in [0, 0.1) is 27.7 Å². The van der Waals surface area contributed by atoms with E-state index in [-0.39, 0.29) is 0 Å². The summed E-state index contributed by atoms with van der Waals surface area (Å²) in [6, 6.07) is 18.2. The maximum atomic E-state index is 4.89. The molecule has 0 amide bonds. The Hall–Kier alpha value is -0.829. The quantitative estimate of drug-likeness (QED) is 0.173. The van der Waals surface area contributed by atoms with E-state index in [0.29, 0.717) is 11.8 Å². The predicted molar refractivity (Wildman–Crippen MR) is 155 cm³/mol. The molecular formula is C30H40Cl2SiTi-2. The normalized spacial score (nSPS) is 10.4. The number of fused-ring (bicyclic) bond motifs is 2. The Morgan fingerprint density at radius 2 is 0.912 bits per heavy atom. The maximum absolute atomic E-state index is 4.89. The van der Waals surface area contributed by atoms with Crippen molar-refractivity contribution in [3.8, 4) is 0 Å². The van der Waals surface area contributed by atoms with Gasteiger partial charge in [0.2, 0.25) is 0 Å². The van der Waals surface area contributed by atoms with E-state index in [2.05, 4.69) is 117 Å². The van der Waals surface area contributed by atoms with Crippen molar-refractivity contribution in [3.05, 3.63) is 81.9 Å². The molecule has 0 aliphatic heterocycles. The van der Waals surface area contributed by atoms with E-state index in [9.17, 15) is 0 Å². The zero-order chi connectivity index (χ0) is 26.0. The summed E-state index contributed by atoms with van der Waals surface area (Å²) in [6.45, 7) is 22.0. The van der Waals surface area contributed by atoms with Crippen molar-refractivity contribution in [2.24, 2.45) is 0 Å². The van der Waals surface area contributed by atoms with Gasteiger partial charge < -0.3 is 0 Å². The molecule has 0 spiro atoms. The van der Waals surface area contributed by atoms with Gasteiger partial charge in [-0.15, -0.1) is 68.1 Å². The van der Waals surface area contributed by atoms with Crippen molar-refractivity contribution < 1.29 is 17.0 Å². The number of aryl methyl sites for hydroxylation is 4. The van der Waals surface area contributed by atoms with Gasteiger partial charge in [-0.25, -0.2) is 0 Å². The Bertz CT molecular complexity index is 982. The Morgan fingerprint density at radius 3 is 1.15 bits per heavy atom. The van der Waals surface area contributed by atoms with Crippen molar-refractivity contribution >= 4 is 49.7 Å². The molecule has 0 aromatic heterocycles. The fourth-order valence-electron chi connectivity index (χ4n) is 3.89. The summed E-state index contributed by atoms with van der Waals surface area (Å²) >= 11 is -0.556. The van der Waals surface area contributed by atoms with Gasteiger partial charge in [0.15, 0.2) is 0 Å². The van der Waals surface area contributed by atoms with Crippen LogP contribution in [-0.4, -0.2) is 9.52 Å². The second-order valence-electron chi connectivity index (χ2n) is 9.51. The van der Waals surface area contributed by atoms with Gasteiger partial charge in [0.1, 0.15) is 0 Å². The van der Waals surface area contributed by atoms with Crippen LogP contribution < -0.4 is 0 Å². The average molecular weight is 548 g/mol. The van der Waals surface area contributed by atoms with Crippen LogP contribution in [0.4, 0.5) is 0 Å². The molecule has 0 bridgehead atoms. The van der Waals surface area contributed by atoms with Crippen molar-refractivity contribution in [2.75, 3.05) is 0 Å². The molecular weight excluding hydrogens is 507 g/mol. The minimum atomic E-state index is -0.556. The monoisotopic (exact) mass is 546 g/mol. The van der Waals surface area contributed by atoms with Crippen LogP contribution >= 0.6 is 18.6 Å². The van der Waals surface area contributed by atoms with Crippen LogP contribution in [0.25, 0.3) is 21.5 Å². The number of hydrogen-bond donors (Lipinski definition) is 0. The third kappa shape index (κ3) is 8.68. The second-order valence-corrected chi connectivity index (χ2v) is 13.1. The number of benzene rings is 2. The molecule has 34 heavy (non-hydrogen) atoms. The fraction of sp³-hybridized carbons (Fsp3) is 0.400. The van der Waals surface area contributed by atoms with Gasteiger partial charge >= 0.3 is 35.6 Å². The first-order chi connectivity index (χ1) is 16.0. The summed E-state index contributed by atoms with van der Waals surface area (Å²) in [6.07, 6.45) is 0. The van der Waals surface area contributed by atoms with Gasteiger partial charge in [0.05, 0.1) is 0 Å². The van der Waals surface area contributed by atoms with Crippen LogP contribution in [0.3, 0.4) is 0 Å². The summed E-state index contributed by atoms with van der Waals surface area (Å²) in [5, 5.41) is 5.70. The molecule has 0 heterocycles. The Balaban J connectivity index is 0.000000277. The topological polar surface area (TPSA) is 0 Å². The van der Waals surface area contributed by atoms with Gasteiger partial charge in [-0.2, -0.15) is 12.1 Å². The summed E-state index contributed by atoms with van der Waals surface area (Å²) in [7, 11) is 10.9. The molecule has 184 valence electrons. The molecule has 2 radical (unpaired) electrons. The van der Waals surface area contributed by atoms with Gasteiger partial charge in [-0.3, -0.25) is 0 Å². The van der Waals surface area contributed by atoms with E-state index in [1.807, 2.05) is 0 Å². The van der Waals surface area contributed by atoms with Crippen LogP contribution in [0.1, 0.15) is 72.9 Å². The van der Waals surface area contributed by atoms with Gasteiger partial charge in [0.25, 0.3) is 0 Å². The van der Waals surface area contributed by atoms with Crippen molar-refractivity contribution in [2.45, 2.75) is 80.3 Å². The molecule has 0 aliphatic rings. The molecule has 4 rings (SSSR count). The van der Waals surface area contributed by atoms with Crippen molar-refractivity contribution in [1.29, 1.82) is 0 Å². The molecule has 0 saturated heterocycles. The summed E-state index contributed by atoms with van der Waals surface area (Å²) in [5.74, 6) is 1.25. The zero-order valence-electron chi connectivity index (χ0n) is 22.5. The van der Waals surface area contributed by atoms with Crippen molar-refractivity contribution in [3.63, 3.8) is 0 Å². The summed E-state index contributed by atoms with van der Waals surface area (Å²) < 4.78 is 0. The molecule has 0 atom stereocenters. The molecule has 0 unspecified atom stereocenters. The van der Waals surface area contributed by atoms with Gasteiger partial charge in [0, 0.05) is 9.52 Å². The first-order valence-electron chi connectivity index (χ1n) is 11.9. The van der Waals surface area contributed by atoms with E-state index in [1.165, 1.54) is 54.9 Å². The van der Waals surface area contributed by atoms with E-state index in [1.54, 1.807) is 0 Å². The second kappa shape index (κ2) is 15.3. The molecule has 4 aromatic carbocycles. The molecule has 4 heteroatoms. The molecule has 4 aromatic rings. The van der Waals surface area contributed by atoms with Gasteiger partial charge in [-0.1, -0.05) is 77.9 Å². The Morgan fingerprint density at radius 1 is 0.647 bits per heavy atom. The SMILES string of the molecule is C[Si]C.Cc1ccc(C)c2[cH-]c(C(C)C)cc12.Cc1ccc(C)c2[cH-]c(C(C)C)cc12.[Cl][Ti][Cl]. The van der Waals surface area contributed by atoms with Crippen LogP contribution in [0.15, 0.2) is 48.5 Å². The zero-order valence-corrected chi connectivity index (χ0v) is 26.6. The van der Waals surface area contributed by atoms with Gasteiger partial charge in [-0.05, 0) is 25.7 Å². The van der Waals surface area contributed by atoms with Crippen LogP contribution in [0.2, 0.25) is 13.1 Å². The number of halogens is 2.